The summed E-state index contributed by atoms with van der Waals surface area (Å²) in [5, 5.41) is 54.3. The van der Waals surface area contributed by atoms with E-state index in [1.807, 2.05) is 0 Å². The molecule has 0 aromatic carbocycles. The molecule has 0 saturated carbocycles. The highest BCUT2D eigenvalue weighted by Gasteiger charge is 2.44. The van der Waals surface area contributed by atoms with Crippen molar-refractivity contribution in [3.8, 4) is 0 Å². The Hall–Kier alpha value is -0.810. The minimum atomic E-state index is -1.55. The predicted molar refractivity (Wildman–Crippen MR) is 221 cm³/mol. The Bertz CT molecular complexity index is 817. The van der Waals surface area contributed by atoms with Crippen molar-refractivity contribution < 1.29 is 39.8 Å². The highest BCUT2D eigenvalue weighted by molar-refractivity contribution is 5.76. The van der Waals surface area contributed by atoms with E-state index in [0.717, 1.165) is 38.5 Å². The van der Waals surface area contributed by atoms with Crippen molar-refractivity contribution in [2.45, 2.75) is 269 Å². The summed E-state index contributed by atoms with van der Waals surface area (Å²) in [5.74, 6) is -0.140. The van der Waals surface area contributed by atoms with Crippen LogP contribution in [0, 0.1) is 0 Å². The van der Waals surface area contributed by atoms with E-state index < -0.39 is 49.5 Å². The zero-order chi connectivity index (χ0) is 39.5. The molecule has 1 fully saturated rings. The Labute approximate surface area is 332 Å². The topological polar surface area (TPSA) is 149 Å². The molecule has 0 spiro atoms. The summed E-state index contributed by atoms with van der Waals surface area (Å²) >= 11 is 0. The molecule has 322 valence electrons. The van der Waals surface area contributed by atoms with E-state index in [2.05, 4.69) is 19.2 Å². The van der Waals surface area contributed by atoms with E-state index in [0.29, 0.717) is 12.8 Å². The number of aliphatic hydroxyl groups is 5. The van der Waals surface area contributed by atoms with Crippen LogP contribution in [0.5, 0.6) is 0 Å². The molecule has 1 saturated heterocycles. The molecule has 9 heteroatoms. The number of aliphatic hydroxyl groups excluding tert-OH is 5. The second-order valence-corrected chi connectivity index (χ2v) is 16.6. The second kappa shape index (κ2) is 36.5. The van der Waals surface area contributed by atoms with Crippen LogP contribution in [-0.4, -0.2) is 87.5 Å². The minimum absolute atomic E-state index is 0.132. The van der Waals surface area contributed by atoms with Gasteiger partial charge in [0.15, 0.2) is 6.29 Å². The monoisotopic (exact) mass is 772 g/mol. The first kappa shape index (κ1) is 51.2. The van der Waals surface area contributed by atoms with Crippen LogP contribution in [0.3, 0.4) is 0 Å². The second-order valence-electron chi connectivity index (χ2n) is 16.6. The normalized spacial score (nSPS) is 21.4. The van der Waals surface area contributed by atoms with Crippen LogP contribution in [0.2, 0.25) is 0 Å². The molecule has 1 heterocycles. The van der Waals surface area contributed by atoms with Crippen LogP contribution in [0.15, 0.2) is 0 Å². The van der Waals surface area contributed by atoms with Gasteiger partial charge in [0.05, 0.1) is 25.4 Å². The number of hydrogen-bond acceptors (Lipinski definition) is 8. The lowest BCUT2D eigenvalue weighted by Gasteiger charge is -2.40. The molecule has 1 aliphatic heterocycles. The third-order valence-electron chi connectivity index (χ3n) is 11.5. The fraction of sp³-hybridized carbons (Fsp3) is 0.978. The van der Waals surface area contributed by atoms with E-state index in [1.165, 1.54) is 161 Å². The third-order valence-corrected chi connectivity index (χ3v) is 11.5. The van der Waals surface area contributed by atoms with Crippen molar-refractivity contribution >= 4 is 5.91 Å². The number of carbonyl (C=O) groups is 1. The van der Waals surface area contributed by atoms with Crippen molar-refractivity contribution in [3.05, 3.63) is 0 Å². The SMILES string of the molecule is CCCCCCCCCCCCCCCCCCCC(=O)N[C@@H](CO[C@@H]1O[C@H](CO)[C@H](O)C(O)C1O)[C@H](O)CCCCCCCCCCCCCCCC. The van der Waals surface area contributed by atoms with E-state index in [-0.39, 0.29) is 12.5 Å². The predicted octanol–water partition coefficient (Wildman–Crippen LogP) is 9.56. The Kier molecular flexibility index (Phi) is 34.6. The summed E-state index contributed by atoms with van der Waals surface area (Å²) in [4.78, 5) is 13.0. The van der Waals surface area contributed by atoms with E-state index in [9.17, 15) is 30.3 Å². The van der Waals surface area contributed by atoms with Crippen LogP contribution < -0.4 is 5.32 Å². The van der Waals surface area contributed by atoms with Crippen LogP contribution in [-0.2, 0) is 14.3 Å². The summed E-state index contributed by atoms with van der Waals surface area (Å²) in [6.45, 7) is 3.85. The van der Waals surface area contributed by atoms with Crippen molar-refractivity contribution in [3.63, 3.8) is 0 Å². The average molecular weight is 772 g/mol. The molecule has 0 bridgehead atoms. The summed E-state index contributed by atoms with van der Waals surface area (Å²) in [7, 11) is 0. The number of carbonyl (C=O) groups excluding carboxylic acids is 1. The van der Waals surface area contributed by atoms with Crippen LogP contribution >= 0.6 is 0 Å². The van der Waals surface area contributed by atoms with Gasteiger partial charge in [0.1, 0.15) is 24.4 Å². The van der Waals surface area contributed by atoms with Crippen LogP contribution in [0.1, 0.15) is 226 Å². The Morgan fingerprint density at radius 1 is 0.556 bits per heavy atom. The molecule has 9 nitrogen and oxygen atoms in total. The molecule has 0 radical (unpaired) electrons. The number of hydrogen-bond donors (Lipinski definition) is 6. The third kappa shape index (κ3) is 26.9. The molecule has 1 rings (SSSR count). The molecular weight excluding hydrogens is 682 g/mol. The highest BCUT2D eigenvalue weighted by atomic mass is 16.7. The van der Waals surface area contributed by atoms with Crippen molar-refractivity contribution in [2.24, 2.45) is 0 Å². The molecule has 2 unspecified atom stereocenters. The average Bonchev–Trinajstić information content (AvgIpc) is 3.17. The van der Waals surface area contributed by atoms with Gasteiger partial charge in [-0.1, -0.05) is 206 Å². The Morgan fingerprint density at radius 2 is 0.926 bits per heavy atom. The molecule has 0 aliphatic carbocycles. The minimum Gasteiger partial charge on any atom is -0.394 e. The van der Waals surface area contributed by atoms with Gasteiger partial charge >= 0.3 is 0 Å². The molecule has 1 aliphatic rings. The summed E-state index contributed by atoms with van der Waals surface area (Å²) < 4.78 is 11.3. The zero-order valence-corrected chi connectivity index (χ0v) is 35.3. The fourth-order valence-electron chi connectivity index (χ4n) is 7.69. The molecule has 1 amide bonds. The molecule has 7 atom stereocenters. The van der Waals surface area contributed by atoms with Crippen LogP contribution in [0.25, 0.3) is 0 Å². The largest absolute Gasteiger partial charge is 0.394 e. The molecule has 0 aromatic heterocycles. The quantitative estimate of drug-likeness (QED) is 0.0339. The summed E-state index contributed by atoms with van der Waals surface area (Å²) in [6, 6.07) is -0.711. The number of nitrogens with one attached hydrogen (secondary N) is 1. The van der Waals surface area contributed by atoms with Crippen LogP contribution in [0.4, 0.5) is 0 Å². The fourth-order valence-corrected chi connectivity index (χ4v) is 7.69. The number of ether oxygens (including phenoxy) is 2. The van der Waals surface area contributed by atoms with Crippen molar-refractivity contribution in [1.29, 1.82) is 0 Å². The maximum atomic E-state index is 13.0. The standard InChI is InChI=1S/C45H89NO8/c1-3-5-7-9-11-13-15-17-19-20-21-23-25-27-29-31-33-35-41(49)46-38(37-53-45-44(52)43(51)42(50)40(36-47)54-45)39(48)34-32-30-28-26-24-22-18-16-14-12-10-8-6-4-2/h38-40,42-45,47-48,50-52H,3-37H2,1-2H3,(H,46,49)/t38-,39+,40+,42-,43?,44?,45+/m0/s1. The van der Waals surface area contributed by atoms with Crippen molar-refractivity contribution in [2.75, 3.05) is 13.2 Å². The van der Waals surface area contributed by atoms with Gasteiger partial charge in [-0.3, -0.25) is 4.79 Å². The molecule has 54 heavy (non-hydrogen) atoms. The maximum absolute atomic E-state index is 13.0. The van der Waals surface area contributed by atoms with Gasteiger partial charge in [0, 0.05) is 6.42 Å². The first-order chi connectivity index (χ1) is 26.3. The van der Waals surface area contributed by atoms with Gasteiger partial charge < -0.3 is 40.3 Å². The lowest BCUT2D eigenvalue weighted by Crippen LogP contribution is -2.60. The number of rotatable bonds is 39. The van der Waals surface area contributed by atoms with E-state index in [1.54, 1.807) is 0 Å². The van der Waals surface area contributed by atoms with Gasteiger partial charge in [-0.05, 0) is 12.8 Å². The Balaban J connectivity index is 2.31. The maximum Gasteiger partial charge on any atom is 0.220 e. The lowest BCUT2D eigenvalue weighted by atomic mass is 9.99. The molecular formula is C45H89NO8. The number of amides is 1. The zero-order valence-electron chi connectivity index (χ0n) is 35.3. The lowest BCUT2D eigenvalue weighted by molar-refractivity contribution is -0.302. The van der Waals surface area contributed by atoms with Gasteiger partial charge in [-0.25, -0.2) is 0 Å². The van der Waals surface area contributed by atoms with E-state index >= 15 is 0 Å². The highest BCUT2D eigenvalue weighted by Crippen LogP contribution is 2.23. The summed E-state index contributed by atoms with van der Waals surface area (Å²) in [5.41, 5.74) is 0. The first-order valence-electron chi connectivity index (χ1n) is 23.2. The molecule has 0 aromatic rings. The van der Waals surface area contributed by atoms with E-state index in [4.69, 9.17) is 9.47 Å². The van der Waals surface area contributed by atoms with Gasteiger partial charge in [-0.15, -0.1) is 0 Å². The first-order valence-corrected chi connectivity index (χ1v) is 23.2. The summed E-state index contributed by atoms with van der Waals surface area (Å²) in [6.07, 6.45) is 32.5. The van der Waals surface area contributed by atoms with Gasteiger partial charge in [0.25, 0.3) is 0 Å². The van der Waals surface area contributed by atoms with Gasteiger partial charge in [0.2, 0.25) is 5.91 Å². The number of unbranched alkanes of at least 4 members (excludes halogenated alkanes) is 29. The van der Waals surface area contributed by atoms with Gasteiger partial charge in [-0.2, -0.15) is 0 Å². The smallest absolute Gasteiger partial charge is 0.220 e. The Morgan fingerprint density at radius 3 is 1.31 bits per heavy atom. The van der Waals surface area contributed by atoms with Crippen molar-refractivity contribution in [1.82, 2.24) is 5.32 Å². The molecule has 6 N–H and O–H groups in total.